The lowest BCUT2D eigenvalue weighted by atomic mass is 10.0. The summed E-state index contributed by atoms with van der Waals surface area (Å²) in [5.41, 5.74) is 3.34. The van der Waals surface area contributed by atoms with Gasteiger partial charge in [-0.25, -0.2) is 0 Å². The average molecular weight is 298 g/mol. The number of aryl methyl sites for hydroxylation is 1. The molecule has 0 saturated carbocycles. The van der Waals surface area contributed by atoms with E-state index < -0.39 is 0 Å². The highest BCUT2D eigenvalue weighted by Crippen LogP contribution is 2.28. The molecule has 0 aliphatic heterocycles. The van der Waals surface area contributed by atoms with Crippen LogP contribution in [0.3, 0.4) is 0 Å². The summed E-state index contributed by atoms with van der Waals surface area (Å²) in [5, 5.41) is 11.8. The van der Waals surface area contributed by atoms with Crippen LogP contribution >= 0.6 is 23.2 Å². The molecule has 1 atom stereocenters. The van der Waals surface area contributed by atoms with E-state index in [2.05, 4.69) is 22.4 Å². The Morgan fingerprint density at radius 2 is 2.16 bits per heavy atom. The molecule has 0 radical (unpaired) electrons. The van der Waals surface area contributed by atoms with Gasteiger partial charge in [-0.05, 0) is 31.0 Å². The van der Waals surface area contributed by atoms with Crippen LogP contribution in [-0.4, -0.2) is 10.2 Å². The monoisotopic (exact) mass is 297 g/mol. The van der Waals surface area contributed by atoms with Crippen molar-refractivity contribution in [2.24, 2.45) is 0 Å². The van der Waals surface area contributed by atoms with Gasteiger partial charge in [-0.15, -0.1) is 0 Å². The lowest BCUT2D eigenvalue weighted by molar-refractivity contribution is 0.518. The number of aromatic amines is 1. The Morgan fingerprint density at radius 3 is 2.74 bits per heavy atom. The summed E-state index contributed by atoms with van der Waals surface area (Å²) in [6.07, 6.45) is 2.80. The zero-order valence-electron chi connectivity index (χ0n) is 11.0. The first-order valence-corrected chi connectivity index (χ1v) is 7.04. The second-order valence-corrected chi connectivity index (χ2v) is 5.37. The van der Waals surface area contributed by atoms with Crippen molar-refractivity contribution >= 4 is 23.2 Å². The van der Waals surface area contributed by atoms with Crippen LogP contribution in [0.5, 0.6) is 0 Å². The van der Waals surface area contributed by atoms with Crippen molar-refractivity contribution in [2.75, 3.05) is 0 Å². The Balaban J connectivity index is 2.10. The molecule has 2 rings (SSSR count). The third-order valence-electron chi connectivity index (χ3n) is 3.22. The zero-order valence-corrected chi connectivity index (χ0v) is 12.5. The van der Waals surface area contributed by atoms with Gasteiger partial charge < -0.3 is 5.32 Å². The Hall–Kier alpha value is -1.03. The molecule has 102 valence electrons. The first-order valence-electron chi connectivity index (χ1n) is 6.29. The summed E-state index contributed by atoms with van der Waals surface area (Å²) in [5.74, 6) is 0. The normalized spacial score (nSPS) is 12.6. The van der Waals surface area contributed by atoms with Crippen molar-refractivity contribution in [3.8, 4) is 0 Å². The smallest absolute Gasteiger partial charge is 0.0535 e. The average Bonchev–Trinajstić information content (AvgIpc) is 2.78. The maximum Gasteiger partial charge on any atom is 0.0535 e. The highest BCUT2D eigenvalue weighted by Gasteiger charge is 2.13. The van der Waals surface area contributed by atoms with Gasteiger partial charge in [-0.3, -0.25) is 5.10 Å². The number of hydrogen-bond acceptors (Lipinski definition) is 2. The molecular weight excluding hydrogens is 281 g/mol. The van der Waals surface area contributed by atoms with E-state index in [1.807, 2.05) is 25.3 Å². The maximum absolute atomic E-state index is 6.25. The molecule has 1 aromatic carbocycles. The predicted molar refractivity (Wildman–Crippen MR) is 79.7 cm³/mol. The quantitative estimate of drug-likeness (QED) is 0.865. The van der Waals surface area contributed by atoms with Crippen molar-refractivity contribution < 1.29 is 0 Å². The van der Waals surface area contributed by atoms with E-state index >= 15 is 0 Å². The first-order chi connectivity index (χ1) is 9.11. The minimum Gasteiger partial charge on any atom is -0.306 e. The van der Waals surface area contributed by atoms with Gasteiger partial charge in [0.2, 0.25) is 0 Å². The van der Waals surface area contributed by atoms with Crippen molar-refractivity contribution in [1.82, 2.24) is 15.5 Å². The SMILES string of the molecule is CCC(NCc1cn[nH]c1C)c1ccc(Cl)cc1Cl. The minimum absolute atomic E-state index is 0.207. The molecule has 5 heteroatoms. The molecule has 0 fully saturated rings. The van der Waals surface area contributed by atoms with Crippen LogP contribution in [0.4, 0.5) is 0 Å². The molecule has 0 bridgehead atoms. The van der Waals surface area contributed by atoms with Crippen LogP contribution in [0, 0.1) is 6.92 Å². The molecule has 2 N–H and O–H groups in total. The van der Waals surface area contributed by atoms with Crippen molar-refractivity contribution in [3.63, 3.8) is 0 Å². The summed E-state index contributed by atoms with van der Waals surface area (Å²) in [6.45, 7) is 4.91. The Kier molecular flexibility index (Phi) is 4.86. The molecule has 0 amide bonds. The fourth-order valence-corrected chi connectivity index (χ4v) is 2.59. The second-order valence-electron chi connectivity index (χ2n) is 4.53. The zero-order chi connectivity index (χ0) is 13.8. The number of nitrogens with one attached hydrogen (secondary N) is 2. The summed E-state index contributed by atoms with van der Waals surface area (Å²) in [4.78, 5) is 0. The first kappa shape index (κ1) is 14.4. The summed E-state index contributed by atoms with van der Waals surface area (Å²) in [7, 11) is 0. The Morgan fingerprint density at radius 1 is 1.37 bits per heavy atom. The summed E-state index contributed by atoms with van der Waals surface area (Å²) in [6, 6.07) is 5.84. The fourth-order valence-electron chi connectivity index (χ4n) is 2.05. The number of aromatic nitrogens is 2. The molecule has 1 aromatic heterocycles. The third kappa shape index (κ3) is 3.50. The van der Waals surface area contributed by atoms with Gasteiger partial charge in [0, 0.05) is 33.9 Å². The highest BCUT2D eigenvalue weighted by molar-refractivity contribution is 6.35. The van der Waals surface area contributed by atoms with E-state index in [1.54, 1.807) is 6.07 Å². The molecule has 2 aromatic rings. The highest BCUT2D eigenvalue weighted by atomic mass is 35.5. The number of nitrogens with zero attached hydrogens (tertiary/aromatic N) is 1. The molecule has 0 aliphatic rings. The summed E-state index contributed by atoms with van der Waals surface area (Å²) >= 11 is 12.2. The van der Waals surface area contributed by atoms with Gasteiger partial charge in [0.25, 0.3) is 0 Å². The Bertz CT molecular complexity index is 551. The minimum atomic E-state index is 0.207. The standard InChI is InChI=1S/C14H17Cl2N3/c1-3-14(12-5-4-11(15)6-13(12)16)17-7-10-8-18-19-9(10)2/h4-6,8,14,17H,3,7H2,1-2H3,(H,18,19). The molecule has 0 spiro atoms. The predicted octanol–water partition coefficient (Wildman–Crippen LogP) is 4.27. The van der Waals surface area contributed by atoms with Crippen LogP contribution in [0.2, 0.25) is 10.0 Å². The molecule has 3 nitrogen and oxygen atoms in total. The van der Waals surface area contributed by atoms with Crippen LogP contribution in [0.15, 0.2) is 24.4 Å². The molecular formula is C14H17Cl2N3. The third-order valence-corrected chi connectivity index (χ3v) is 3.78. The lowest BCUT2D eigenvalue weighted by Crippen LogP contribution is -2.20. The summed E-state index contributed by atoms with van der Waals surface area (Å²) < 4.78 is 0. The van der Waals surface area contributed by atoms with Crippen molar-refractivity contribution in [2.45, 2.75) is 32.9 Å². The number of benzene rings is 1. The lowest BCUT2D eigenvalue weighted by Gasteiger charge is -2.18. The Labute approximate surface area is 123 Å². The van der Waals surface area contributed by atoms with E-state index in [0.717, 1.165) is 24.2 Å². The largest absolute Gasteiger partial charge is 0.306 e. The molecule has 0 aliphatic carbocycles. The molecule has 0 saturated heterocycles. The van der Waals surface area contributed by atoms with E-state index in [1.165, 1.54) is 5.56 Å². The van der Waals surface area contributed by atoms with E-state index in [-0.39, 0.29) is 6.04 Å². The van der Waals surface area contributed by atoms with Gasteiger partial charge in [0.15, 0.2) is 0 Å². The van der Waals surface area contributed by atoms with Gasteiger partial charge in [-0.2, -0.15) is 5.10 Å². The van der Waals surface area contributed by atoms with Gasteiger partial charge in [0.1, 0.15) is 0 Å². The van der Waals surface area contributed by atoms with Crippen LogP contribution in [-0.2, 0) is 6.54 Å². The van der Waals surface area contributed by atoms with E-state index in [4.69, 9.17) is 23.2 Å². The molecule has 1 heterocycles. The van der Waals surface area contributed by atoms with E-state index in [0.29, 0.717) is 10.0 Å². The van der Waals surface area contributed by atoms with Crippen LogP contribution < -0.4 is 5.32 Å². The maximum atomic E-state index is 6.25. The van der Waals surface area contributed by atoms with Gasteiger partial charge in [-0.1, -0.05) is 36.2 Å². The molecule has 1 unspecified atom stereocenters. The topological polar surface area (TPSA) is 40.7 Å². The number of H-pyrrole nitrogens is 1. The number of rotatable bonds is 5. The van der Waals surface area contributed by atoms with Gasteiger partial charge >= 0.3 is 0 Å². The molecule has 19 heavy (non-hydrogen) atoms. The fraction of sp³-hybridized carbons (Fsp3) is 0.357. The van der Waals surface area contributed by atoms with Crippen molar-refractivity contribution in [1.29, 1.82) is 0 Å². The van der Waals surface area contributed by atoms with Crippen LogP contribution in [0.25, 0.3) is 0 Å². The van der Waals surface area contributed by atoms with Crippen LogP contribution in [0.1, 0.15) is 36.2 Å². The number of halogens is 2. The van der Waals surface area contributed by atoms with Crippen molar-refractivity contribution in [3.05, 3.63) is 51.3 Å². The van der Waals surface area contributed by atoms with E-state index in [9.17, 15) is 0 Å². The van der Waals surface area contributed by atoms with Gasteiger partial charge in [0.05, 0.1) is 6.20 Å². The number of hydrogen-bond donors (Lipinski definition) is 2. The second kappa shape index (κ2) is 6.42.